The Hall–Kier alpha value is -1.81. The molecule has 0 atom stereocenters. The molecule has 4 nitrogen and oxygen atoms in total. The molecule has 1 saturated carbocycles. The zero-order chi connectivity index (χ0) is 17.6. The third-order valence-corrected chi connectivity index (χ3v) is 5.23. The molecule has 0 unspecified atom stereocenters. The van der Waals surface area contributed by atoms with Gasteiger partial charge in [-0.2, -0.15) is 0 Å². The number of carbonyl (C=O) groups excluding carboxylic acids is 1. The smallest absolute Gasteiger partial charge is 0.222 e. The summed E-state index contributed by atoms with van der Waals surface area (Å²) < 4.78 is 2.12. The van der Waals surface area contributed by atoms with E-state index in [4.69, 9.17) is 11.6 Å². The van der Waals surface area contributed by atoms with Crippen LogP contribution in [0.15, 0.2) is 36.7 Å². The van der Waals surface area contributed by atoms with E-state index in [1.165, 1.54) is 19.3 Å². The lowest BCUT2D eigenvalue weighted by Crippen LogP contribution is -2.41. The minimum Gasteiger partial charge on any atom is -0.332 e. The van der Waals surface area contributed by atoms with Crippen LogP contribution in [0.5, 0.6) is 0 Å². The summed E-state index contributed by atoms with van der Waals surface area (Å²) in [5, 5.41) is 0.740. The minimum absolute atomic E-state index is 0.226. The monoisotopic (exact) mass is 359 g/mol. The van der Waals surface area contributed by atoms with Gasteiger partial charge in [0.25, 0.3) is 0 Å². The van der Waals surface area contributed by atoms with E-state index in [-0.39, 0.29) is 5.91 Å². The molecule has 1 aromatic carbocycles. The Bertz CT molecular complexity index is 706. The molecule has 0 N–H and O–H groups in total. The zero-order valence-corrected chi connectivity index (χ0v) is 15.6. The van der Waals surface area contributed by atoms with Crippen molar-refractivity contribution in [3.05, 3.63) is 53.1 Å². The lowest BCUT2D eigenvalue weighted by atomic mass is 9.94. The molecule has 1 amide bonds. The van der Waals surface area contributed by atoms with Gasteiger partial charge in [-0.1, -0.05) is 49.9 Å². The number of rotatable bonds is 6. The fraction of sp³-hybridized carbons (Fsp3) is 0.500. The second kappa shape index (κ2) is 8.52. The zero-order valence-electron chi connectivity index (χ0n) is 14.8. The van der Waals surface area contributed by atoms with Crippen LogP contribution in [0.3, 0.4) is 0 Å². The number of nitrogens with zero attached hydrogens (tertiary/aromatic N) is 3. The molecule has 0 radical (unpaired) electrons. The molecule has 0 saturated heterocycles. The van der Waals surface area contributed by atoms with Crippen LogP contribution < -0.4 is 0 Å². The lowest BCUT2D eigenvalue weighted by molar-refractivity contribution is -0.134. The van der Waals surface area contributed by atoms with E-state index in [1.54, 1.807) is 0 Å². The van der Waals surface area contributed by atoms with E-state index < -0.39 is 0 Å². The summed E-state index contributed by atoms with van der Waals surface area (Å²) in [5.41, 5.74) is 1.14. The third-order valence-electron chi connectivity index (χ3n) is 4.99. The van der Waals surface area contributed by atoms with Gasteiger partial charge in [-0.25, -0.2) is 4.98 Å². The first-order chi connectivity index (χ1) is 12.2. The lowest BCUT2D eigenvalue weighted by Gasteiger charge is -2.34. The number of aromatic nitrogens is 2. The van der Waals surface area contributed by atoms with Crippen molar-refractivity contribution in [2.45, 2.75) is 64.6 Å². The number of hydrogen-bond donors (Lipinski definition) is 0. The van der Waals surface area contributed by atoms with Gasteiger partial charge in [0.1, 0.15) is 5.82 Å². The Kier molecular flexibility index (Phi) is 6.14. The van der Waals surface area contributed by atoms with Gasteiger partial charge in [0, 0.05) is 36.4 Å². The first kappa shape index (κ1) is 18.0. The largest absolute Gasteiger partial charge is 0.332 e. The van der Waals surface area contributed by atoms with E-state index in [0.29, 0.717) is 25.6 Å². The van der Waals surface area contributed by atoms with Crippen molar-refractivity contribution in [3.8, 4) is 0 Å². The molecule has 0 bridgehead atoms. The number of hydrogen-bond acceptors (Lipinski definition) is 2. The van der Waals surface area contributed by atoms with Crippen LogP contribution in [0.4, 0.5) is 0 Å². The van der Waals surface area contributed by atoms with Crippen LogP contribution >= 0.6 is 11.6 Å². The van der Waals surface area contributed by atoms with Gasteiger partial charge in [-0.05, 0) is 30.5 Å². The van der Waals surface area contributed by atoms with Gasteiger partial charge in [0.15, 0.2) is 0 Å². The molecule has 1 aliphatic rings. The molecule has 0 aliphatic heterocycles. The Morgan fingerprint density at radius 2 is 2.12 bits per heavy atom. The first-order valence-electron chi connectivity index (χ1n) is 9.21. The van der Waals surface area contributed by atoms with Gasteiger partial charge >= 0.3 is 0 Å². The minimum atomic E-state index is 0.226. The highest BCUT2D eigenvalue weighted by Crippen LogP contribution is 2.24. The molecule has 1 heterocycles. The number of halogens is 1. The third kappa shape index (κ3) is 4.63. The van der Waals surface area contributed by atoms with E-state index >= 15 is 0 Å². The van der Waals surface area contributed by atoms with Gasteiger partial charge in [0.2, 0.25) is 5.91 Å². The maximum absolute atomic E-state index is 12.5. The van der Waals surface area contributed by atoms with Crippen LogP contribution in [-0.4, -0.2) is 26.4 Å². The molecular formula is C20H26ClN3O. The Balaban J connectivity index is 1.76. The van der Waals surface area contributed by atoms with Crippen LogP contribution in [0.1, 0.15) is 56.8 Å². The maximum Gasteiger partial charge on any atom is 0.222 e. The highest BCUT2D eigenvalue weighted by Gasteiger charge is 2.25. The van der Waals surface area contributed by atoms with Crippen molar-refractivity contribution in [3.63, 3.8) is 0 Å². The fourth-order valence-electron chi connectivity index (χ4n) is 3.64. The first-order valence-corrected chi connectivity index (χ1v) is 9.59. The highest BCUT2D eigenvalue weighted by molar-refractivity contribution is 6.30. The predicted octanol–water partition coefficient (Wildman–Crippen LogP) is 4.66. The van der Waals surface area contributed by atoms with Crippen LogP contribution in [0, 0.1) is 0 Å². The average Bonchev–Trinajstić information content (AvgIpc) is 3.06. The summed E-state index contributed by atoms with van der Waals surface area (Å²) in [5.74, 6) is 1.16. The number of carbonyl (C=O) groups is 1. The van der Waals surface area contributed by atoms with E-state index in [0.717, 1.165) is 29.3 Å². The molecule has 1 aliphatic carbocycles. The van der Waals surface area contributed by atoms with Crippen molar-refractivity contribution >= 4 is 17.5 Å². The Labute approximate surface area is 154 Å². The van der Waals surface area contributed by atoms with Gasteiger partial charge in [-0.15, -0.1) is 0 Å². The van der Waals surface area contributed by atoms with E-state index in [9.17, 15) is 4.79 Å². The van der Waals surface area contributed by atoms with E-state index in [2.05, 4.69) is 20.5 Å². The summed E-state index contributed by atoms with van der Waals surface area (Å²) >= 11 is 6.09. The molecule has 25 heavy (non-hydrogen) atoms. The molecule has 134 valence electrons. The molecule has 1 fully saturated rings. The van der Waals surface area contributed by atoms with Gasteiger partial charge < -0.3 is 9.47 Å². The summed E-state index contributed by atoms with van der Waals surface area (Å²) in [7, 11) is 0. The molecule has 5 heteroatoms. The van der Waals surface area contributed by atoms with Crippen molar-refractivity contribution in [2.75, 3.05) is 0 Å². The number of benzene rings is 1. The average molecular weight is 360 g/mol. The van der Waals surface area contributed by atoms with Crippen LogP contribution in [0.2, 0.25) is 5.02 Å². The topological polar surface area (TPSA) is 38.1 Å². The molecule has 3 rings (SSSR count). The second-order valence-electron chi connectivity index (χ2n) is 6.77. The van der Waals surface area contributed by atoms with E-state index in [1.807, 2.05) is 37.5 Å². The van der Waals surface area contributed by atoms with Crippen LogP contribution in [0.25, 0.3) is 0 Å². The Morgan fingerprint density at radius 1 is 1.32 bits per heavy atom. The van der Waals surface area contributed by atoms with Crippen molar-refractivity contribution in [2.24, 2.45) is 0 Å². The number of imidazole rings is 1. The van der Waals surface area contributed by atoms with Crippen molar-refractivity contribution in [1.82, 2.24) is 14.5 Å². The molecule has 0 spiro atoms. The second-order valence-corrected chi connectivity index (χ2v) is 7.20. The summed E-state index contributed by atoms with van der Waals surface area (Å²) in [6.07, 6.45) is 10.3. The van der Waals surface area contributed by atoms with Crippen molar-refractivity contribution in [1.29, 1.82) is 0 Å². The molecule has 1 aromatic heterocycles. The van der Waals surface area contributed by atoms with Crippen molar-refractivity contribution < 1.29 is 4.79 Å². The highest BCUT2D eigenvalue weighted by atomic mass is 35.5. The van der Waals surface area contributed by atoms with Gasteiger partial charge in [-0.3, -0.25) is 4.79 Å². The quantitative estimate of drug-likeness (QED) is 0.752. The normalized spacial score (nSPS) is 15.3. The maximum atomic E-state index is 12.5. The molecule has 2 aromatic rings. The summed E-state index contributed by atoms with van der Waals surface area (Å²) in [4.78, 5) is 19.1. The molecular weight excluding hydrogens is 334 g/mol. The van der Waals surface area contributed by atoms with Crippen LogP contribution in [-0.2, 0) is 17.9 Å². The Morgan fingerprint density at radius 3 is 2.84 bits per heavy atom. The fourth-order valence-corrected chi connectivity index (χ4v) is 3.85. The summed E-state index contributed by atoms with van der Waals surface area (Å²) in [6, 6.07) is 8.23. The number of amides is 1. The standard InChI is InChI=1S/C20H26ClN3O/c1-2-20(25)24(18-9-4-3-5-10-18)15-19-22-11-12-23(19)14-16-7-6-8-17(21)13-16/h6-8,11-13,18H,2-5,9-10,14-15H2,1H3. The predicted molar refractivity (Wildman–Crippen MR) is 100 cm³/mol. The summed E-state index contributed by atoms with van der Waals surface area (Å²) in [6.45, 7) is 3.25. The SMILES string of the molecule is CCC(=O)N(Cc1nccn1Cc1cccc(Cl)c1)C1CCCCC1. The van der Waals surface area contributed by atoms with Gasteiger partial charge in [0.05, 0.1) is 6.54 Å².